The second kappa shape index (κ2) is 8.47. The van der Waals surface area contributed by atoms with Gasteiger partial charge in [0.2, 0.25) is 0 Å². The molecule has 0 bridgehead atoms. The lowest BCUT2D eigenvalue weighted by Gasteiger charge is -2.16. The number of rotatable bonds is 8. The Morgan fingerprint density at radius 1 is 1.35 bits per heavy atom. The molecule has 4 nitrogen and oxygen atoms in total. The smallest absolute Gasteiger partial charge is 0.322 e. The first-order valence-electron chi connectivity index (χ1n) is 6.48. The van der Waals surface area contributed by atoms with E-state index in [9.17, 15) is 13.6 Å². The fraction of sp³-hybridized carbons (Fsp3) is 0.500. The Bertz CT molecular complexity index is 420. The molecule has 6 heteroatoms. The van der Waals surface area contributed by atoms with Gasteiger partial charge in [-0.15, -0.1) is 0 Å². The molecular formula is C14H19F2NO3. The summed E-state index contributed by atoms with van der Waals surface area (Å²) >= 11 is 0. The second-order valence-electron chi connectivity index (χ2n) is 4.22. The van der Waals surface area contributed by atoms with Crippen LogP contribution in [0, 0.1) is 11.6 Å². The van der Waals surface area contributed by atoms with E-state index in [1.807, 2.05) is 6.92 Å². The zero-order chi connectivity index (χ0) is 15.0. The Kier molecular flexibility index (Phi) is 6.93. The number of para-hydroxylation sites is 1. The molecule has 0 radical (unpaired) electrons. The van der Waals surface area contributed by atoms with Crippen LogP contribution < -0.4 is 10.1 Å². The van der Waals surface area contributed by atoms with Gasteiger partial charge in [-0.1, -0.05) is 13.0 Å². The number of carbonyl (C=O) groups is 1. The van der Waals surface area contributed by atoms with E-state index in [1.54, 1.807) is 0 Å². The first-order chi connectivity index (χ1) is 9.60. The molecule has 0 aliphatic rings. The maximum absolute atomic E-state index is 13.3. The highest BCUT2D eigenvalue weighted by Crippen LogP contribution is 2.20. The fourth-order valence-electron chi connectivity index (χ4n) is 1.66. The summed E-state index contributed by atoms with van der Waals surface area (Å²) in [4.78, 5) is 11.5. The van der Waals surface area contributed by atoms with Crippen molar-refractivity contribution < 1.29 is 23.0 Å². The normalized spacial score (nSPS) is 12.0. The van der Waals surface area contributed by atoms with Crippen LogP contribution in [-0.2, 0) is 9.53 Å². The molecular weight excluding hydrogens is 268 g/mol. The van der Waals surface area contributed by atoms with Crippen LogP contribution in [0.2, 0.25) is 0 Å². The van der Waals surface area contributed by atoms with Gasteiger partial charge in [-0.3, -0.25) is 4.79 Å². The number of halogens is 2. The molecule has 0 fully saturated rings. The highest BCUT2D eigenvalue weighted by atomic mass is 19.1. The molecule has 1 atom stereocenters. The van der Waals surface area contributed by atoms with Gasteiger partial charge in [0.1, 0.15) is 6.04 Å². The molecule has 20 heavy (non-hydrogen) atoms. The van der Waals surface area contributed by atoms with Crippen LogP contribution in [0.4, 0.5) is 8.78 Å². The minimum Gasteiger partial charge on any atom is -0.488 e. The van der Waals surface area contributed by atoms with Crippen LogP contribution in [0.5, 0.6) is 5.75 Å². The Morgan fingerprint density at radius 2 is 2.00 bits per heavy atom. The van der Waals surface area contributed by atoms with E-state index in [1.165, 1.54) is 13.2 Å². The third kappa shape index (κ3) is 4.77. The molecule has 1 unspecified atom stereocenters. The van der Waals surface area contributed by atoms with Gasteiger partial charge in [0.25, 0.3) is 0 Å². The molecule has 0 saturated heterocycles. The van der Waals surface area contributed by atoms with Gasteiger partial charge in [0.15, 0.2) is 17.4 Å². The van der Waals surface area contributed by atoms with Crippen molar-refractivity contribution in [3.8, 4) is 5.75 Å². The Balaban J connectivity index is 2.53. The van der Waals surface area contributed by atoms with E-state index in [0.29, 0.717) is 6.54 Å². The highest BCUT2D eigenvalue weighted by molar-refractivity contribution is 5.75. The standard InChI is InChI=1S/C14H19F2NO3/c1-3-8-17-12(14(18)19-2)7-9-20-13-10(15)5-4-6-11(13)16/h4-6,12,17H,3,7-9H2,1-2H3. The summed E-state index contributed by atoms with van der Waals surface area (Å²) in [5.74, 6) is -2.37. The molecule has 0 amide bonds. The maximum atomic E-state index is 13.3. The van der Waals surface area contributed by atoms with E-state index in [0.717, 1.165) is 18.6 Å². The Hall–Kier alpha value is -1.69. The van der Waals surface area contributed by atoms with Gasteiger partial charge in [-0.05, 0) is 25.1 Å². The van der Waals surface area contributed by atoms with Crippen LogP contribution in [-0.4, -0.2) is 32.3 Å². The lowest BCUT2D eigenvalue weighted by atomic mass is 10.2. The fourth-order valence-corrected chi connectivity index (χ4v) is 1.66. The molecule has 1 aromatic carbocycles. The van der Waals surface area contributed by atoms with Crippen molar-refractivity contribution in [2.24, 2.45) is 0 Å². The van der Waals surface area contributed by atoms with Crippen molar-refractivity contribution in [3.63, 3.8) is 0 Å². The van der Waals surface area contributed by atoms with Crippen LogP contribution in [0.1, 0.15) is 19.8 Å². The molecule has 0 aliphatic carbocycles. The maximum Gasteiger partial charge on any atom is 0.322 e. The monoisotopic (exact) mass is 287 g/mol. The first-order valence-corrected chi connectivity index (χ1v) is 6.48. The SMILES string of the molecule is CCCNC(CCOc1c(F)cccc1F)C(=O)OC. The van der Waals surface area contributed by atoms with Gasteiger partial charge in [-0.25, -0.2) is 8.78 Å². The number of carbonyl (C=O) groups excluding carboxylic acids is 1. The molecule has 1 rings (SSSR count). The van der Waals surface area contributed by atoms with Gasteiger partial charge in [0, 0.05) is 6.42 Å². The van der Waals surface area contributed by atoms with E-state index in [-0.39, 0.29) is 13.0 Å². The van der Waals surface area contributed by atoms with E-state index in [4.69, 9.17) is 4.74 Å². The number of hydrogen-bond donors (Lipinski definition) is 1. The van der Waals surface area contributed by atoms with E-state index >= 15 is 0 Å². The summed E-state index contributed by atoms with van der Waals surface area (Å²) in [7, 11) is 1.29. The van der Waals surface area contributed by atoms with Crippen LogP contribution >= 0.6 is 0 Å². The quantitative estimate of drug-likeness (QED) is 0.745. The second-order valence-corrected chi connectivity index (χ2v) is 4.22. The molecule has 1 aromatic rings. The molecule has 1 N–H and O–H groups in total. The van der Waals surface area contributed by atoms with Gasteiger partial charge >= 0.3 is 5.97 Å². The summed E-state index contributed by atoms with van der Waals surface area (Å²) in [5.41, 5.74) is 0. The summed E-state index contributed by atoms with van der Waals surface area (Å²) < 4.78 is 36.4. The van der Waals surface area contributed by atoms with Crippen molar-refractivity contribution in [2.45, 2.75) is 25.8 Å². The van der Waals surface area contributed by atoms with E-state index in [2.05, 4.69) is 10.1 Å². The van der Waals surface area contributed by atoms with Crippen molar-refractivity contribution in [1.82, 2.24) is 5.32 Å². The molecule has 0 aliphatic heterocycles. The molecule has 0 spiro atoms. The Morgan fingerprint density at radius 3 is 2.55 bits per heavy atom. The van der Waals surface area contributed by atoms with Crippen molar-refractivity contribution in [1.29, 1.82) is 0 Å². The third-order valence-electron chi connectivity index (χ3n) is 2.70. The summed E-state index contributed by atoms with van der Waals surface area (Å²) in [6.45, 7) is 2.62. The number of benzene rings is 1. The third-order valence-corrected chi connectivity index (χ3v) is 2.70. The first kappa shape index (κ1) is 16.4. The topological polar surface area (TPSA) is 47.6 Å². The van der Waals surface area contributed by atoms with Crippen LogP contribution in [0.3, 0.4) is 0 Å². The minimum atomic E-state index is -0.763. The summed E-state index contributed by atoms with van der Waals surface area (Å²) in [5, 5.41) is 2.99. The molecule has 0 saturated carbocycles. The predicted octanol–water partition coefficient (Wildman–Crippen LogP) is 2.27. The highest BCUT2D eigenvalue weighted by Gasteiger charge is 2.19. The predicted molar refractivity (Wildman–Crippen MR) is 70.6 cm³/mol. The van der Waals surface area contributed by atoms with Crippen molar-refractivity contribution >= 4 is 5.97 Å². The zero-order valence-corrected chi connectivity index (χ0v) is 11.6. The minimum absolute atomic E-state index is 0.00827. The van der Waals surface area contributed by atoms with Crippen LogP contribution in [0.15, 0.2) is 18.2 Å². The number of methoxy groups -OCH3 is 1. The van der Waals surface area contributed by atoms with Gasteiger partial charge in [0.05, 0.1) is 13.7 Å². The molecule has 0 aromatic heterocycles. The zero-order valence-electron chi connectivity index (χ0n) is 11.6. The number of ether oxygens (including phenoxy) is 2. The number of nitrogens with one attached hydrogen (secondary N) is 1. The average Bonchev–Trinajstić information content (AvgIpc) is 2.44. The molecule has 0 heterocycles. The largest absolute Gasteiger partial charge is 0.488 e. The number of hydrogen-bond acceptors (Lipinski definition) is 4. The van der Waals surface area contributed by atoms with E-state index < -0.39 is 29.4 Å². The lowest BCUT2D eigenvalue weighted by Crippen LogP contribution is -2.39. The Labute approximate surface area is 117 Å². The van der Waals surface area contributed by atoms with Crippen LogP contribution in [0.25, 0.3) is 0 Å². The summed E-state index contributed by atoms with van der Waals surface area (Å²) in [6.07, 6.45) is 1.12. The molecule has 112 valence electrons. The van der Waals surface area contributed by atoms with Gasteiger partial charge < -0.3 is 14.8 Å². The van der Waals surface area contributed by atoms with Gasteiger partial charge in [-0.2, -0.15) is 0 Å². The van der Waals surface area contributed by atoms with Crippen molar-refractivity contribution in [2.75, 3.05) is 20.3 Å². The summed E-state index contributed by atoms with van der Waals surface area (Å²) in [6, 6.07) is 2.95. The lowest BCUT2D eigenvalue weighted by molar-refractivity contribution is -0.143. The number of esters is 1. The average molecular weight is 287 g/mol. The van der Waals surface area contributed by atoms with Crippen molar-refractivity contribution in [3.05, 3.63) is 29.8 Å².